The van der Waals surface area contributed by atoms with Crippen LogP contribution in [-0.4, -0.2) is 0 Å². The fourth-order valence-electron chi connectivity index (χ4n) is 2.26. The summed E-state index contributed by atoms with van der Waals surface area (Å²) >= 11 is 0. The zero-order valence-electron chi connectivity index (χ0n) is 11.0. The van der Waals surface area contributed by atoms with E-state index in [4.69, 9.17) is 0 Å². The minimum atomic E-state index is 0.909. The van der Waals surface area contributed by atoms with Gasteiger partial charge in [-0.3, -0.25) is 0 Å². The highest BCUT2D eigenvalue weighted by atomic mass is 14.2. The van der Waals surface area contributed by atoms with Gasteiger partial charge in [0.15, 0.2) is 0 Å². The van der Waals surface area contributed by atoms with E-state index >= 15 is 0 Å². The number of rotatable bonds is 8. The Morgan fingerprint density at radius 3 is 1.79 bits per heavy atom. The van der Waals surface area contributed by atoms with Crippen LogP contribution in [0.25, 0.3) is 0 Å². The van der Waals surface area contributed by atoms with Gasteiger partial charge in [0.25, 0.3) is 0 Å². The SMILES string of the molecule is CCCCCC(C)C(C)C(C)CCC. The molecule has 0 aromatic heterocycles. The number of unbranched alkanes of at least 4 members (excludes halogenated alkanes) is 2. The monoisotopic (exact) mass is 198 g/mol. The molecular weight excluding hydrogens is 168 g/mol. The van der Waals surface area contributed by atoms with Crippen molar-refractivity contribution in [2.75, 3.05) is 0 Å². The minimum absolute atomic E-state index is 0.909. The van der Waals surface area contributed by atoms with Crippen molar-refractivity contribution in [3.8, 4) is 0 Å². The predicted molar refractivity (Wildman–Crippen MR) is 66.5 cm³/mol. The van der Waals surface area contributed by atoms with Crippen molar-refractivity contribution in [2.24, 2.45) is 17.8 Å². The largest absolute Gasteiger partial charge is 0.0654 e. The molecule has 0 N–H and O–H groups in total. The maximum atomic E-state index is 2.44. The van der Waals surface area contributed by atoms with E-state index in [-0.39, 0.29) is 0 Å². The molecule has 0 nitrogen and oxygen atoms in total. The van der Waals surface area contributed by atoms with Crippen LogP contribution < -0.4 is 0 Å². The van der Waals surface area contributed by atoms with Crippen LogP contribution in [0.15, 0.2) is 0 Å². The fourth-order valence-corrected chi connectivity index (χ4v) is 2.26. The molecule has 0 rings (SSSR count). The van der Waals surface area contributed by atoms with Crippen molar-refractivity contribution < 1.29 is 0 Å². The van der Waals surface area contributed by atoms with Crippen LogP contribution >= 0.6 is 0 Å². The molecule has 0 heterocycles. The van der Waals surface area contributed by atoms with Gasteiger partial charge in [0.1, 0.15) is 0 Å². The van der Waals surface area contributed by atoms with Crippen LogP contribution in [0.4, 0.5) is 0 Å². The lowest BCUT2D eigenvalue weighted by atomic mass is 9.80. The lowest BCUT2D eigenvalue weighted by Crippen LogP contribution is -2.16. The molecule has 0 radical (unpaired) electrons. The quantitative estimate of drug-likeness (QED) is 0.466. The molecule has 0 aliphatic rings. The average molecular weight is 198 g/mol. The van der Waals surface area contributed by atoms with Crippen LogP contribution in [0.5, 0.6) is 0 Å². The van der Waals surface area contributed by atoms with Crippen molar-refractivity contribution in [3.63, 3.8) is 0 Å². The van der Waals surface area contributed by atoms with Gasteiger partial charge >= 0.3 is 0 Å². The summed E-state index contributed by atoms with van der Waals surface area (Å²) in [5.41, 5.74) is 0. The first kappa shape index (κ1) is 14.0. The van der Waals surface area contributed by atoms with E-state index in [1.165, 1.54) is 38.5 Å². The van der Waals surface area contributed by atoms with Gasteiger partial charge in [0.05, 0.1) is 0 Å². The molecule has 3 atom stereocenters. The molecule has 0 fully saturated rings. The van der Waals surface area contributed by atoms with Crippen molar-refractivity contribution in [1.29, 1.82) is 0 Å². The van der Waals surface area contributed by atoms with Crippen LogP contribution in [0.2, 0.25) is 0 Å². The van der Waals surface area contributed by atoms with Crippen LogP contribution in [0.1, 0.15) is 73.1 Å². The zero-order chi connectivity index (χ0) is 11.0. The third-order valence-electron chi connectivity index (χ3n) is 3.80. The zero-order valence-corrected chi connectivity index (χ0v) is 11.0. The third kappa shape index (κ3) is 5.67. The minimum Gasteiger partial charge on any atom is -0.0654 e. The highest BCUT2D eigenvalue weighted by Crippen LogP contribution is 2.27. The topological polar surface area (TPSA) is 0 Å². The first-order valence-corrected chi connectivity index (χ1v) is 6.63. The van der Waals surface area contributed by atoms with Crippen LogP contribution in [0, 0.1) is 17.8 Å². The Morgan fingerprint density at radius 2 is 1.29 bits per heavy atom. The fraction of sp³-hybridized carbons (Fsp3) is 1.00. The summed E-state index contributed by atoms with van der Waals surface area (Å²) < 4.78 is 0. The number of hydrogen-bond donors (Lipinski definition) is 0. The van der Waals surface area contributed by atoms with E-state index in [1.807, 2.05) is 0 Å². The molecule has 0 aromatic rings. The predicted octanol–water partition coefficient (Wildman–Crippen LogP) is 5.28. The summed E-state index contributed by atoms with van der Waals surface area (Å²) in [4.78, 5) is 0. The van der Waals surface area contributed by atoms with Gasteiger partial charge in [-0.25, -0.2) is 0 Å². The van der Waals surface area contributed by atoms with E-state index in [9.17, 15) is 0 Å². The van der Waals surface area contributed by atoms with Crippen molar-refractivity contribution in [2.45, 2.75) is 73.1 Å². The summed E-state index contributed by atoms with van der Waals surface area (Å²) in [5.74, 6) is 2.74. The molecule has 0 saturated carbocycles. The van der Waals surface area contributed by atoms with Gasteiger partial charge < -0.3 is 0 Å². The third-order valence-corrected chi connectivity index (χ3v) is 3.80. The second kappa shape index (κ2) is 8.32. The Balaban J connectivity index is 3.68. The molecule has 86 valence electrons. The highest BCUT2D eigenvalue weighted by molar-refractivity contribution is 4.68. The average Bonchev–Trinajstić information content (AvgIpc) is 2.17. The van der Waals surface area contributed by atoms with Gasteiger partial charge in [-0.15, -0.1) is 0 Å². The first-order chi connectivity index (χ1) is 6.63. The smallest absolute Gasteiger partial charge is 0.0391 e. The number of hydrogen-bond acceptors (Lipinski definition) is 0. The standard InChI is InChI=1S/C14H30/c1-6-8-9-11-13(4)14(5)12(3)10-7-2/h12-14H,6-11H2,1-5H3. The Morgan fingerprint density at radius 1 is 0.714 bits per heavy atom. The Hall–Kier alpha value is 0. The molecule has 0 amide bonds. The summed E-state index contributed by atoms with van der Waals surface area (Å²) in [7, 11) is 0. The van der Waals surface area contributed by atoms with Crippen LogP contribution in [0.3, 0.4) is 0 Å². The van der Waals surface area contributed by atoms with Gasteiger partial charge in [-0.05, 0) is 17.8 Å². The Bertz CT molecular complexity index is 117. The molecule has 0 aliphatic carbocycles. The van der Waals surface area contributed by atoms with E-state index in [0.717, 1.165) is 17.8 Å². The Kier molecular flexibility index (Phi) is 8.32. The van der Waals surface area contributed by atoms with Crippen molar-refractivity contribution >= 4 is 0 Å². The molecule has 0 bridgehead atoms. The summed E-state index contributed by atoms with van der Waals surface area (Å²) in [6.45, 7) is 11.9. The normalized spacial score (nSPS) is 17.8. The molecule has 0 saturated heterocycles. The molecule has 0 spiro atoms. The maximum Gasteiger partial charge on any atom is -0.0391 e. The molecule has 3 unspecified atom stereocenters. The van der Waals surface area contributed by atoms with Gasteiger partial charge in [-0.1, -0.05) is 73.1 Å². The van der Waals surface area contributed by atoms with Gasteiger partial charge in [0.2, 0.25) is 0 Å². The molecule has 14 heavy (non-hydrogen) atoms. The lowest BCUT2D eigenvalue weighted by molar-refractivity contribution is 0.248. The molecule has 0 aromatic carbocycles. The Labute approximate surface area is 91.5 Å². The van der Waals surface area contributed by atoms with Crippen LogP contribution in [-0.2, 0) is 0 Å². The second-order valence-electron chi connectivity index (χ2n) is 5.10. The lowest BCUT2D eigenvalue weighted by Gasteiger charge is -2.26. The van der Waals surface area contributed by atoms with E-state index in [0.29, 0.717) is 0 Å². The van der Waals surface area contributed by atoms with E-state index in [2.05, 4.69) is 34.6 Å². The molecule has 0 aliphatic heterocycles. The summed E-state index contributed by atoms with van der Waals surface area (Å²) in [5, 5.41) is 0. The highest BCUT2D eigenvalue weighted by Gasteiger charge is 2.17. The molecule has 0 heteroatoms. The first-order valence-electron chi connectivity index (χ1n) is 6.63. The van der Waals surface area contributed by atoms with E-state index < -0.39 is 0 Å². The molecular formula is C14H30. The second-order valence-corrected chi connectivity index (χ2v) is 5.10. The maximum absolute atomic E-state index is 2.44. The van der Waals surface area contributed by atoms with Gasteiger partial charge in [0, 0.05) is 0 Å². The summed E-state index contributed by atoms with van der Waals surface area (Å²) in [6, 6.07) is 0. The van der Waals surface area contributed by atoms with Gasteiger partial charge in [-0.2, -0.15) is 0 Å². The van der Waals surface area contributed by atoms with Crippen molar-refractivity contribution in [1.82, 2.24) is 0 Å². The van der Waals surface area contributed by atoms with E-state index in [1.54, 1.807) is 0 Å². The summed E-state index contributed by atoms with van der Waals surface area (Å²) in [6.07, 6.45) is 8.38. The van der Waals surface area contributed by atoms with Crippen molar-refractivity contribution in [3.05, 3.63) is 0 Å².